The van der Waals surface area contributed by atoms with E-state index in [1.807, 2.05) is 24.3 Å². The molecule has 27 heavy (non-hydrogen) atoms. The highest BCUT2D eigenvalue weighted by molar-refractivity contribution is 7.89. The number of carbonyl (C=O) groups excluding carboxylic acids is 1. The first kappa shape index (κ1) is 19.5. The van der Waals surface area contributed by atoms with Crippen LogP contribution in [0.25, 0.3) is 0 Å². The van der Waals surface area contributed by atoms with Crippen molar-refractivity contribution in [3.05, 3.63) is 59.4 Å². The summed E-state index contributed by atoms with van der Waals surface area (Å²) in [5, 5.41) is 2.78. The van der Waals surface area contributed by atoms with Crippen molar-refractivity contribution in [1.82, 2.24) is 15.0 Å². The third-order valence-electron chi connectivity index (χ3n) is 4.70. The summed E-state index contributed by atoms with van der Waals surface area (Å²) >= 11 is 0. The van der Waals surface area contributed by atoms with E-state index in [4.69, 9.17) is 0 Å². The number of nitrogens with one attached hydrogen (secondary N) is 2. The van der Waals surface area contributed by atoms with Crippen molar-refractivity contribution in [2.75, 3.05) is 13.1 Å². The number of benzene rings is 1. The highest BCUT2D eigenvalue weighted by Gasteiger charge is 2.17. The van der Waals surface area contributed by atoms with Gasteiger partial charge in [0, 0.05) is 37.8 Å². The number of hydrogen-bond donors (Lipinski definition) is 2. The molecule has 0 spiro atoms. The first-order valence-electron chi connectivity index (χ1n) is 9.33. The van der Waals surface area contributed by atoms with Crippen LogP contribution in [0.5, 0.6) is 0 Å². The smallest absolute Gasteiger partial charge is 0.240 e. The van der Waals surface area contributed by atoms with Gasteiger partial charge in [0.1, 0.15) is 0 Å². The van der Waals surface area contributed by atoms with Crippen LogP contribution in [0.4, 0.5) is 0 Å². The number of amides is 1. The van der Waals surface area contributed by atoms with Crippen LogP contribution in [-0.4, -0.2) is 32.4 Å². The first-order valence-corrected chi connectivity index (χ1v) is 10.8. The van der Waals surface area contributed by atoms with Crippen molar-refractivity contribution in [3.63, 3.8) is 0 Å². The number of fused-ring (bicyclic) bond motifs is 1. The molecule has 3 rings (SSSR count). The Morgan fingerprint density at radius 2 is 1.85 bits per heavy atom. The van der Waals surface area contributed by atoms with Gasteiger partial charge in [-0.1, -0.05) is 12.1 Å². The zero-order valence-corrected chi connectivity index (χ0v) is 16.1. The summed E-state index contributed by atoms with van der Waals surface area (Å²) in [6, 6.07) is 11.0. The lowest BCUT2D eigenvalue weighted by Gasteiger charge is -2.16. The summed E-state index contributed by atoms with van der Waals surface area (Å²) in [6.07, 6.45) is 6.67. The van der Waals surface area contributed by atoms with Crippen LogP contribution in [0.3, 0.4) is 0 Å². The Morgan fingerprint density at radius 3 is 2.63 bits per heavy atom. The molecule has 2 aromatic rings. The second-order valence-electron chi connectivity index (χ2n) is 6.71. The third-order valence-corrected chi connectivity index (χ3v) is 6.16. The Labute approximate surface area is 160 Å². The zero-order valence-electron chi connectivity index (χ0n) is 15.3. The number of rotatable bonds is 8. The number of sulfonamides is 1. The molecular formula is C20H25N3O3S. The second-order valence-corrected chi connectivity index (χ2v) is 8.47. The van der Waals surface area contributed by atoms with Gasteiger partial charge in [0.15, 0.2) is 0 Å². The molecule has 0 radical (unpaired) electrons. The largest absolute Gasteiger partial charge is 0.356 e. The standard InChI is InChI=1S/C20H25N3O3S/c24-20(22-13-10-18-7-3-4-12-21-18)11-14-23-27(25,26)19-9-8-16-5-1-2-6-17(16)15-19/h3-4,7-9,12,15,23H,1-2,5-6,10-11,13-14H2,(H,22,24). The molecule has 1 heterocycles. The maximum absolute atomic E-state index is 12.4. The molecule has 7 heteroatoms. The second kappa shape index (κ2) is 9.10. The fraction of sp³-hybridized carbons (Fsp3) is 0.400. The minimum Gasteiger partial charge on any atom is -0.356 e. The van der Waals surface area contributed by atoms with E-state index in [-0.39, 0.29) is 23.8 Å². The number of aromatic nitrogens is 1. The van der Waals surface area contributed by atoms with Crippen molar-refractivity contribution in [3.8, 4) is 0 Å². The van der Waals surface area contributed by atoms with E-state index in [1.165, 1.54) is 5.56 Å². The van der Waals surface area contributed by atoms with E-state index in [1.54, 1.807) is 18.3 Å². The normalized spacial score (nSPS) is 13.8. The lowest BCUT2D eigenvalue weighted by atomic mass is 9.92. The molecule has 0 fully saturated rings. The van der Waals surface area contributed by atoms with E-state index in [0.717, 1.165) is 36.9 Å². The summed E-state index contributed by atoms with van der Waals surface area (Å²) in [5.74, 6) is -0.181. The molecule has 2 N–H and O–H groups in total. The molecule has 0 atom stereocenters. The maximum atomic E-state index is 12.4. The molecule has 6 nitrogen and oxygen atoms in total. The molecule has 0 saturated carbocycles. The van der Waals surface area contributed by atoms with Crippen LogP contribution in [-0.2, 0) is 34.1 Å². The SMILES string of the molecule is O=C(CCNS(=O)(=O)c1ccc2c(c1)CCCC2)NCCc1ccccn1. The number of pyridine rings is 1. The van der Waals surface area contributed by atoms with E-state index >= 15 is 0 Å². The van der Waals surface area contributed by atoms with Gasteiger partial charge >= 0.3 is 0 Å². The van der Waals surface area contributed by atoms with E-state index in [2.05, 4.69) is 15.0 Å². The van der Waals surface area contributed by atoms with Crippen LogP contribution >= 0.6 is 0 Å². The number of carbonyl (C=O) groups is 1. The average molecular weight is 388 g/mol. The Kier molecular flexibility index (Phi) is 6.58. The molecular weight excluding hydrogens is 362 g/mol. The summed E-state index contributed by atoms with van der Waals surface area (Å²) in [5.41, 5.74) is 3.27. The highest BCUT2D eigenvalue weighted by Crippen LogP contribution is 2.23. The fourth-order valence-corrected chi connectivity index (χ4v) is 4.31. The molecule has 0 unspecified atom stereocenters. The Hall–Kier alpha value is -2.25. The predicted molar refractivity (Wildman–Crippen MR) is 104 cm³/mol. The first-order chi connectivity index (χ1) is 13.0. The molecule has 144 valence electrons. The summed E-state index contributed by atoms with van der Waals surface area (Å²) in [7, 11) is -3.59. The molecule has 1 aliphatic rings. The van der Waals surface area contributed by atoms with Crippen LogP contribution < -0.4 is 10.0 Å². The number of nitrogens with zero attached hydrogens (tertiary/aromatic N) is 1. The van der Waals surface area contributed by atoms with Crippen molar-refractivity contribution < 1.29 is 13.2 Å². The van der Waals surface area contributed by atoms with Crippen LogP contribution in [0.2, 0.25) is 0 Å². The molecule has 0 saturated heterocycles. The zero-order chi connectivity index (χ0) is 19.1. The van der Waals surface area contributed by atoms with Crippen molar-refractivity contribution >= 4 is 15.9 Å². The van der Waals surface area contributed by atoms with Gasteiger partial charge in [-0.15, -0.1) is 0 Å². The molecule has 1 amide bonds. The fourth-order valence-electron chi connectivity index (χ4n) is 3.22. The molecule has 0 aliphatic heterocycles. The van der Waals surface area contributed by atoms with Gasteiger partial charge < -0.3 is 5.32 Å². The van der Waals surface area contributed by atoms with Gasteiger partial charge in [-0.2, -0.15) is 0 Å². The maximum Gasteiger partial charge on any atom is 0.240 e. The number of hydrogen-bond acceptors (Lipinski definition) is 4. The summed E-state index contributed by atoms with van der Waals surface area (Å²) in [4.78, 5) is 16.3. The molecule has 1 aromatic heterocycles. The van der Waals surface area contributed by atoms with Crippen molar-refractivity contribution in [2.24, 2.45) is 0 Å². The van der Waals surface area contributed by atoms with Gasteiger partial charge in [-0.05, 0) is 61.1 Å². The minimum absolute atomic E-state index is 0.0782. The van der Waals surface area contributed by atoms with Gasteiger partial charge in [-0.3, -0.25) is 9.78 Å². The third kappa shape index (κ3) is 5.61. The average Bonchev–Trinajstić information content (AvgIpc) is 2.68. The van der Waals surface area contributed by atoms with Crippen LogP contribution in [0, 0.1) is 0 Å². The van der Waals surface area contributed by atoms with Crippen LogP contribution in [0.1, 0.15) is 36.1 Å². The monoisotopic (exact) mass is 387 g/mol. The highest BCUT2D eigenvalue weighted by atomic mass is 32.2. The molecule has 0 bridgehead atoms. The number of aryl methyl sites for hydroxylation is 2. The van der Waals surface area contributed by atoms with E-state index < -0.39 is 10.0 Å². The van der Waals surface area contributed by atoms with Crippen LogP contribution in [0.15, 0.2) is 47.5 Å². The van der Waals surface area contributed by atoms with Gasteiger partial charge in [-0.25, -0.2) is 13.1 Å². The summed E-state index contributed by atoms with van der Waals surface area (Å²) in [6.45, 7) is 0.558. The van der Waals surface area contributed by atoms with E-state index in [9.17, 15) is 13.2 Å². The lowest BCUT2D eigenvalue weighted by Crippen LogP contribution is -2.31. The van der Waals surface area contributed by atoms with Crippen molar-refractivity contribution in [2.45, 2.75) is 43.4 Å². The topological polar surface area (TPSA) is 88.2 Å². The Bertz CT molecular complexity index is 883. The van der Waals surface area contributed by atoms with Gasteiger partial charge in [0.25, 0.3) is 0 Å². The minimum atomic E-state index is -3.59. The summed E-state index contributed by atoms with van der Waals surface area (Å²) < 4.78 is 27.4. The van der Waals surface area contributed by atoms with Gasteiger partial charge in [0.2, 0.25) is 15.9 Å². The Balaban J connectivity index is 1.44. The van der Waals surface area contributed by atoms with E-state index in [0.29, 0.717) is 13.0 Å². The molecule has 1 aliphatic carbocycles. The predicted octanol–water partition coefficient (Wildman–Crippen LogP) is 1.99. The quantitative estimate of drug-likeness (QED) is 0.725. The molecule has 1 aromatic carbocycles. The lowest BCUT2D eigenvalue weighted by molar-refractivity contribution is -0.120. The van der Waals surface area contributed by atoms with Crippen molar-refractivity contribution in [1.29, 1.82) is 0 Å². The Morgan fingerprint density at radius 1 is 1.04 bits per heavy atom. The van der Waals surface area contributed by atoms with Gasteiger partial charge in [0.05, 0.1) is 4.90 Å².